The largest absolute Gasteiger partial charge is 0.380 e. The molecule has 1 aliphatic rings. The van der Waals surface area contributed by atoms with Crippen LogP contribution in [0.2, 0.25) is 0 Å². The van der Waals surface area contributed by atoms with Gasteiger partial charge in [-0.25, -0.2) is 0 Å². The van der Waals surface area contributed by atoms with Crippen molar-refractivity contribution < 1.29 is 9.53 Å². The standard InChI is InChI=1S/C17H20N2O2S/c1-13-11-14(17(20)19-6-8-21-9-7-19)4-5-16(13)18-12-15-3-2-10-22-15/h2-5,10-11,18H,6-9,12H2,1H3. The number of amides is 1. The Morgan fingerprint density at radius 2 is 2.14 bits per heavy atom. The summed E-state index contributed by atoms with van der Waals surface area (Å²) in [5.74, 6) is 0.0937. The first-order chi connectivity index (χ1) is 10.7. The number of anilines is 1. The molecule has 0 unspecified atom stereocenters. The average molecular weight is 316 g/mol. The first-order valence-electron chi connectivity index (χ1n) is 7.48. The molecular formula is C17H20N2O2S. The molecule has 1 aromatic heterocycles. The summed E-state index contributed by atoms with van der Waals surface area (Å²) in [4.78, 5) is 15.6. The van der Waals surface area contributed by atoms with Crippen LogP contribution in [0.15, 0.2) is 35.7 Å². The van der Waals surface area contributed by atoms with Crippen molar-refractivity contribution in [3.8, 4) is 0 Å². The fourth-order valence-corrected chi connectivity index (χ4v) is 3.18. The minimum absolute atomic E-state index is 0.0937. The van der Waals surface area contributed by atoms with Gasteiger partial charge in [-0.15, -0.1) is 11.3 Å². The zero-order valence-electron chi connectivity index (χ0n) is 12.7. The highest BCUT2D eigenvalue weighted by Crippen LogP contribution is 2.20. The van der Waals surface area contributed by atoms with Crippen molar-refractivity contribution in [2.24, 2.45) is 0 Å². The van der Waals surface area contributed by atoms with E-state index in [0.29, 0.717) is 26.3 Å². The molecule has 3 rings (SSSR count). The first-order valence-corrected chi connectivity index (χ1v) is 8.36. The van der Waals surface area contributed by atoms with Gasteiger partial charge < -0.3 is 15.0 Å². The van der Waals surface area contributed by atoms with Crippen molar-refractivity contribution >= 4 is 22.9 Å². The van der Waals surface area contributed by atoms with Crippen LogP contribution >= 0.6 is 11.3 Å². The van der Waals surface area contributed by atoms with Crippen LogP contribution in [0, 0.1) is 6.92 Å². The predicted molar refractivity (Wildman–Crippen MR) is 89.5 cm³/mol. The number of carbonyl (C=O) groups excluding carboxylic acids is 1. The molecule has 1 amide bonds. The summed E-state index contributed by atoms with van der Waals surface area (Å²) in [7, 11) is 0. The molecule has 1 fully saturated rings. The maximum Gasteiger partial charge on any atom is 0.254 e. The molecule has 0 aliphatic carbocycles. The van der Waals surface area contributed by atoms with Gasteiger partial charge >= 0.3 is 0 Å². The summed E-state index contributed by atoms with van der Waals surface area (Å²) in [6.07, 6.45) is 0. The van der Waals surface area contributed by atoms with Gasteiger partial charge in [0.15, 0.2) is 0 Å². The molecular weight excluding hydrogens is 296 g/mol. The number of carbonyl (C=O) groups is 1. The van der Waals surface area contributed by atoms with Gasteiger partial charge in [-0.1, -0.05) is 6.07 Å². The van der Waals surface area contributed by atoms with Crippen LogP contribution in [0.3, 0.4) is 0 Å². The Bertz CT molecular complexity index is 634. The number of hydrogen-bond acceptors (Lipinski definition) is 4. The van der Waals surface area contributed by atoms with Gasteiger partial charge in [-0.3, -0.25) is 4.79 Å². The van der Waals surface area contributed by atoms with E-state index in [1.165, 1.54) is 4.88 Å². The van der Waals surface area contributed by atoms with Gasteiger partial charge in [-0.2, -0.15) is 0 Å². The number of nitrogens with one attached hydrogen (secondary N) is 1. The SMILES string of the molecule is Cc1cc(C(=O)N2CCOCC2)ccc1NCc1cccs1. The van der Waals surface area contributed by atoms with Crippen LogP contribution in [0.5, 0.6) is 0 Å². The van der Waals surface area contributed by atoms with Gasteiger partial charge in [0.05, 0.1) is 13.2 Å². The molecule has 0 bridgehead atoms. The third-order valence-corrected chi connectivity index (χ3v) is 4.68. The number of hydrogen-bond donors (Lipinski definition) is 1. The highest BCUT2D eigenvalue weighted by Gasteiger charge is 2.18. The molecule has 2 heterocycles. The fourth-order valence-electron chi connectivity index (χ4n) is 2.54. The molecule has 1 aliphatic heterocycles. The van der Waals surface area contributed by atoms with Crippen LogP contribution in [0.1, 0.15) is 20.8 Å². The molecule has 1 aromatic carbocycles. The Hall–Kier alpha value is -1.85. The van der Waals surface area contributed by atoms with Gasteiger partial charge in [0.25, 0.3) is 5.91 Å². The van der Waals surface area contributed by atoms with Crippen LogP contribution < -0.4 is 5.32 Å². The van der Waals surface area contributed by atoms with Crippen LogP contribution in [-0.2, 0) is 11.3 Å². The van der Waals surface area contributed by atoms with Crippen LogP contribution in [-0.4, -0.2) is 37.1 Å². The lowest BCUT2D eigenvalue weighted by Crippen LogP contribution is -2.40. The third-order valence-electron chi connectivity index (χ3n) is 3.80. The summed E-state index contributed by atoms with van der Waals surface area (Å²) in [5.41, 5.74) is 2.92. The van der Waals surface area contributed by atoms with Crippen molar-refractivity contribution in [3.05, 3.63) is 51.7 Å². The molecule has 0 atom stereocenters. The molecule has 1 saturated heterocycles. The lowest BCUT2D eigenvalue weighted by molar-refractivity contribution is 0.0303. The predicted octanol–water partition coefficient (Wildman–Crippen LogP) is 3.14. The maximum atomic E-state index is 12.5. The molecule has 2 aromatic rings. The highest BCUT2D eigenvalue weighted by atomic mass is 32.1. The number of morpholine rings is 1. The van der Waals surface area contributed by atoms with Crippen molar-refractivity contribution in [2.45, 2.75) is 13.5 Å². The number of nitrogens with zero attached hydrogens (tertiary/aromatic N) is 1. The summed E-state index contributed by atoms with van der Waals surface area (Å²) < 4.78 is 5.29. The minimum atomic E-state index is 0.0937. The summed E-state index contributed by atoms with van der Waals surface area (Å²) in [6.45, 7) is 5.46. The molecule has 22 heavy (non-hydrogen) atoms. The van der Waals surface area contributed by atoms with Crippen molar-refractivity contribution in [1.82, 2.24) is 4.90 Å². The first kappa shape index (κ1) is 15.1. The van der Waals surface area contributed by atoms with Gasteiger partial charge in [-0.05, 0) is 42.1 Å². The number of rotatable bonds is 4. The second-order valence-electron chi connectivity index (χ2n) is 5.37. The van der Waals surface area contributed by atoms with Crippen molar-refractivity contribution in [1.29, 1.82) is 0 Å². The van der Waals surface area contributed by atoms with E-state index in [1.807, 2.05) is 30.0 Å². The smallest absolute Gasteiger partial charge is 0.254 e. The fraction of sp³-hybridized carbons (Fsp3) is 0.353. The Labute approximate surface area is 134 Å². The van der Waals surface area contributed by atoms with E-state index in [-0.39, 0.29) is 5.91 Å². The van der Waals surface area contributed by atoms with Crippen LogP contribution in [0.25, 0.3) is 0 Å². The highest BCUT2D eigenvalue weighted by molar-refractivity contribution is 7.09. The zero-order chi connectivity index (χ0) is 15.4. The zero-order valence-corrected chi connectivity index (χ0v) is 13.5. The lowest BCUT2D eigenvalue weighted by Gasteiger charge is -2.27. The Morgan fingerprint density at radius 1 is 1.32 bits per heavy atom. The van der Waals surface area contributed by atoms with Crippen LogP contribution in [0.4, 0.5) is 5.69 Å². The van der Waals surface area contributed by atoms with E-state index in [4.69, 9.17) is 4.74 Å². The summed E-state index contributed by atoms with van der Waals surface area (Å²) >= 11 is 1.74. The van der Waals surface area contributed by atoms with Crippen molar-refractivity contribution in [3.63, 3.8) is 0 Å². The molecule has 5 heteroatoms. The van der Waals surface area contributed by atoms with E-state index < -0.39 is 0 Å². The van der Waals surface area contributed by atoms with E-state index in [1.54, 1.807) is 11.3 Å². The summed E-state index contributed by atoms with van der Waals surface area (Å²) in [6, 6.07) is 10.0. The summed E-state index contributed by atoms with van der Waals surface area (Å²) in [5, 5.41) is 5.50. The molecule has 116 valence electrons. The van der Waals surface area contributed by atoms with E-state index >= 15 is 0 Å². The Kier molecular flexibility index (Phi) is 4.75. The molecule has 0 radical (unpaired) electrons. The van der Waals surface area contributed by atoms with E-state index in [2.05, 4.69) is 22.8 Å². The number of benzene rings is 1. The molecule has 1 N–H and O–H groups in total. The molecule has 4 nitrogen and oxygen atoms in total. The second-order valence-corrected chi connectivity index (χ2v) is 6.40. The quantitative estimate of drug-likeness (QED) is 0.942. The van der Waals surface area contributed by atoms with Gasteiger partial charge in [0.2, 0.25) is 0 Å². The Morgan fingerprint density at radius 3 is 2.82 bits per heavy atom. The normalized spacial score (nSPS) is 14.9. The number of aryl methyl sites for hydroxylation is 1. The average Bonchev–Trinajstić information content (AvgIpc) is 3.07. The topological polar surface area (TPSA) is 41.6 Å². The van der Waals surface area contributed by atoms with Crippen molar-refractivity contribution in [2.75, 3.05) is 31.6 Å². The van der Waals surface area contributed by atoms with E-state index in [9.17, 15) is 4.79 Å². The maximum absolute atomic E-state index is 12.5. The number of thiophene rings is 1. The monoisotopic (exact) mass is 316 g/mol. The van der Waals surface area contributed by atoms with Gasteiger partial charge in [0.1, 0.15) is 0 Å². The second kappa shape index (κ2) is 6.94. The lowest BCUT2D eigenvalue weighted by atomic mass is 10.1. The third kappa shape index (κ3) is 3.48. The van der Waals surface area contributed by atoms with E-state index in [0.717, 1.165) is 23.4 Å². The Balaban J connectivity index is 1.67. The molecule has 0 saturated carbocycles. The van der Waals surface area contributed by atoms with Gasteiger partial charge in [0, 0.05) is 35.8 Å². The molecule has 0 spiro atoms. The number of ether oxygens (including phenoxy) is 1. The minimum Gasteiger partial charge on any atom is -0.380 e.